The van der Waals surface area contributed by atoms with E-state index < -0.39 is 0 Å². The number of hydrogen-bond donors (Lipinski definition) is 1. The highest BCUT2D eigenvalue weighted by Gasteiger charge is 1.87. The summed E-state index contributed by atoms with van der Waals surface area (Å²) in [6.45, 7) is 5.31. The maximum Gasteiger partial charge on any atom is 0.0388 e. The molecule has 0 aliphatic carbocycles. The SMILES string of the molecule is [CH]=C(N)c1ccccc1. The molecule has 0 atom stereocenters. The average molecular weight is 118 g/mol. The fourth-order valence-corrected chi connectivity index (χ4v) is 0.631. The van der Waals surface area contributed by atoms with Crippen molar-refractivity contribution < 1.29 is 0 Å². The lowest BCUT2D eigenvalue weighted by Crippen LogP contribution is -1.92. The molecule has 1 aromatic carbocycles. The van der Waals surface area contributed by atoms with Crippen LogP contribution in [0.25, 0.3) is 5.70 Å². The van der Waals surface area contributed by atoms with Gasteiger partial charge in [0.25, 0.3) is 0 Å². The highest BCUT2D eigenvalue weighted by atomic mass is 14.6. The highest BCUT2D eigenvalue weighted by molar-refractivity contribution is 5.58. The molecule has 9 heavy (non-hydrogen) atoms. The molecular formula is C8H8N. The zero-order chi connectivity index (χ0) is 6.69. The fourth-order valence-electron chi connectivity index (χ4n) is 0.631. The van der Waals surface area contributed by atoms with E-state index in [1.807, 2.05) is 30.3 Å². The quantitative estimate of drug-likeness (QED) is 0.593. The molecule has 1 nitrogen and oxygen atoms in total. The molecule has 0 aliphatic heterocycles. The van der Waals surface area contributed by atoms with E-state index in [1.54, 1.807) is 0 Å². The molecule has 0 spiro atoms. The standard InChI is InChI=1S/C8H8N/c1-7(9)8-5-3-2-4-6-8/h1-6H,9H2. The van der Waals surface area contributed by atoms with Crippen molar-refractivity contribution in [1.29, 1.82) is 0 Å². The molecule has 1 rings (SSSR count). The number of nitrogens with two attached hydrogens (primary N) is 1. The predicted octanol–water partition coefficient (Wildman–Crippen LogP) is 1.42. The maximum absolute atomic E-state index is 5.31. The van der Waals surface area contributed by atoms with Gasteiger partial charge in [-0.15, -0.1) is 0 Å². The lowest BCUT2D eigenvalue weighted by molar-refractivity contribution is 1.53. The van der Waals surface area contributed by atoms with Crippen molar-refractivity contribution in [1.82, 2.24) is 0 Å². The summed E-state index contributed by atoms with van der Waals surface area (Å²) in [5.41, 5.74) is 6.57. The molecule has 0 amide bonds. The van der Waals surface area contributed by atoms with Crippen LogP contribution in [-0.2, 0) is 0 Å². The number of benzene rings is 1. The normalized spacial score (nSPS) is 8.89. The Morgan fingerprint density at radius 3 is 2.11 bits per heavy atom. The molecule has 0 heterocycles. The summed E-state index contributed by atoms with van der Waals surface area (Å²) in [7, 11) is 0. The smallest absolute Gasteiger partial charge is 0.0388 e. The molecule has 0 bridgehead atoms. The van der Waals surface area contributed by atoms with Gasteiger partial charge in [0.2, 0.25) is 0 Å². The van der Waals surface area contributed by atoms with E-state index >= 15 is 0 Å². The van der Waals surface area contributed by atoms with E-state index in [0.29, 0.717) is 5.70 Å². The summed E-state index contributed by atoms with van der Waals surface area (Å²) in [6, 6.07) is 9.46. The molecule has 0 unspecified atom stereocenters. The van der Waals surface area contributed by atoms with Crippen LogP contribution >= 0.6 is 0 Å². The Morgan fingerprint density at radius 1 is 1.22 bits per heavy atom. The van der Waals surface area contributed by atoms with Gasteiger partial charge in [-0.1, -0.05) is 30.3 Å². The second kappa shape index (κ2) is 2.35. The van der Waals surface area contributed by atoms with Crippen molar-refractivity contribution in [3.05, 3.63) is 42.5 Å². The summed E-state index contributed by atoms with van der Waals surface area (Å²) in [4.78, 5) is 0. The van der Waals surface area contributed by atoms with E-state index in [9.17, 15) is 0 Å². The third-order valence-electron chi connectivity index (χ3n) is 1.11. The molecule has 1 radical (unpaired) electrons. The van der Waals surface area contributed by atoms with E-state index in [-0.39, 0.29) is 0 Å². The van der Waals surface area contributed by atoms with Crippen molar-refractivity contribution >= 4 is 5.70 Å². The second-order valence-electron chi connectivity index (χ2n) is 1.82. The summed E-state index contributed by atoms with van der Waals surface area (Å²) in [5.74, 6) is 0. The Morgan fingerprint density at radius 2 is 1.78 bits per heavy atom. The van der Waals surface area contributed by atoms with Gasteiger partial charge in [-0.05, 0) is 12.1 Å². The number of hydrogen-bond acceptors (Lipinski definition) is 1. The lowest BCUT2D eigenvalue weighted by atomic mass is 10.2. The molecule has 45 valence electrons. The third kappa shape index (κ3) is 1.32. The van der Waals surface area contributed by atoms with E-state index in [0.717, 1.165) is 5.56 Å². The van der Waals surface area contributed by atoms with Crippen LogP contribution in [0.1, 0.15) is 5.56 Å². The van der Waals surface area contributed by atoms with Gasteiger partial charge < -0.3 is 5.73 Å². The first-order valence-corrected chi connectivity index (χ1v) is 2.74. The van der Waals surface area contributed by atoms with Crippen molar-refractivity contribution in [2.75, 3.05) is 0 Å². The molecular weight excluding hydrogens is 110 g/mol. The zero-order valence-corrected chi connectivity index (χ0v) is 5.04. The molecule has 2 N–H and O–H groups in total. The maximum atomic E-state index is 5.31. The summed E-state index contributed by atoms with van der Waals surface area (Å²) >= 11 is 0. The van der Waals surface area contributed by atoms with Gasteiger partial charge in [0.05, 0.1) is 0 Å². The Balaban J connectivity index is 2.98. The van der Waals surface area contributed by atoms with Gasteiger partial charge in [-0.25, -0.2) is 0 Å². The van der Waals surface area contributed by atoms with Crippen LogP contribution in [0, 0.1) is 6.58 Å². The average Bonchev–Trinajstić information content (AvgIpc) is 1.90. The van der Waals surface area contributed by atoms with Crippen LogP contribution in [-0.4, -0.2) is 0 Å². The van der Waals surface area contributed by atoms with Crippen molar-refractivity contribution in [2.45, 2.75) is 0 Å². The third-order valence-corrected chi connectivity index (χ3v) is 1.11. The molecule has 0 aliphatic rings. The monoisotopic (exact) mass is 118 g/mol. The Hall–Kier alpha value is -1.24. The van der Waals surface area contributed by atoms with Gasteiger partial charge in [0.15, 0.2) is 0 Å². The fraction of sp³-hybridized carbons (Fsp3) is 0. The predicted molar refractivity (Wildman–Crippen MR) is 38.3 cm³/mol. The summed E-state index contributed by atoms with van der Waals surface area (Å²) in [5, 5.41) is 0. The molecule has 1 aromatic rings. The Bertz CT molecular complexity index is 201. The van der Waals surface area contributed by atoms with Gasteiger partial charge in [-0.2, -0.15) is 0 Å². The summed E-state index contributed by atoms with van der Waals surface area (Å²) in [6.07, 6.45) is 0. The molecule has 0 saturated carbocycles. The summed E-state index contributed by atoms with van der Waals surface area (Å²) < 4.78 is 0. The first-order valence-electron chi connectivity index (χ1n) is 2.74. The van der Waals surface area contributed by atoms with Gasteiger partial charge >= 0.3 is 0 Å². The van der Waals surface area contributed by atoms with E-state index in [2.05, 4.69) is 0 Å². The number of rotatable bonds is 1. The largest absolute Gasteiger partial charge is 0.398 e. The first-order chi connectivity index (χ1) is 4.30. The van der Waals surface area contributed by atoms with E-state index in [1.165, 1.54) is 0 Å². The molecule has 0 saturated heterocycles. The second-order valence-corrected chi connectivity index (χ2v) is 1.82. The van der Waals surface area contributed by atoms with Crippen LogP contribution in [0.15, 0.2) is 30.3 Å². The molecule has 0 aromatic heterocycles. The highest BCUT2D eigenvalue weighted by Crippen LogP contribution is 2.03. The van der Waals surface area contributed by atoms with Crippen LogP contribution < -0.4 is 5.73 Å². The van der Waals surface area contributed by atoms with Crippen LogP contribution in [0.2, 0.25) is 0 Å². The van der Waals surface area contributed by atoms with E-state index in [4.69, 9.17) is 12.3 Å². The van der Waals surface area contributed by atoms with Crippen LogP contribution in [0.3, 0.4) is 0 Å². The van der Waals surface area contributed by atoms with Gasteiger partial charge in [0, 0.05) is 5.70 Å². The van der Waals surface area contributed by atoms with Crippen LogP contribution in [0.5, 0.6) is 0 Å². The van der Waals surface area contributed by atoms with Crippen molar-refractivity contribution in [3.8, 4) is 0 Å². The topological polar surface area (TPSA) is 26.0 Å². The molecule has 1 heteroatoms. The minimum atomic E-state index is 0.371. The minimum absolute atomic E-state index is 0.371. The molecule has 0 fully saturated rings. The Kier molecular flexibility index (Phi) is 1.54. The first kappa shape index (κ1) is 5.89. The van der Waals surface area contributed by atoms with Crippen molar-refractivity contribution in [3.63, 3.8) is 0 Å². The van der Waals surface area contributed by atoms with Gasteiger partial charge in [-0.3, -0.25) is 0 Å². The van der Waals surface area contributed by atoms with Crippen LogP contribution in [0.4, 0.5) is 0 Å². The zero-order valence-electron chi connectivity index (χ0n) is 5.04. The minimum Gasteiger partial charge on any atom is -0.398 e. The lowest BCUT2D eigenvalue weighted by Gasteiger charge is -1.94. The van der Waals surface area contributed by atoms with Crippen molar-refractivity contribution in [2.24, 2.45) is 5.73 Å². The Labute approximate surface area is 54.8 Å². The van der Waals surface area contributed by atoms with Gasteiger partial charge in [0.1, 0.15) is 0 Å².